The van der Waals surface area contributed by atoms with Gasteiger partial charge in [0.25, 0.3) is 17.7 Å². The summed E-state index contributed by atoms with van der Waals surface area (Å²) in [6.07, 6.45) is 3.49. The number of carbonyl (C=O) groups is 3. The molecule has 0 radical (unpaired) electrons. The van der Waals surface area contributed by atoms with Gasteiger partial charge >= 0.3 is 0 Å². The Labute approximate surface area is 239 Å². The van der Waals surface area contributed by atoms with Gasteiger partial charge in [-0.3, -0.25) is 19.3 Å². The lowest BCUT2D eigenvalue weighted by molar-refractivity contribution is 0.0579. The Balaban J connectivity index is 1.13. The second-order valence-corrected chi connectivity index (χ2v) is 11.4. The van der Waals surface area contributed by atoms with Crippen molar-refractivity contribution in [2.75, 3.05) is 6.54 Å². The van der Waals surface area contributed by atoms with Crippen molar-refractivity contribution < 1.29 is 18.8 Å². The molecule has 2 atom stereocenters. The maximum absolute atomic E-state index is 13.5. The maximum atomic E-state index is 13.5. The van der Waals surface area contributed by atoms with Crippen molar-refractivity contribution >= 4 is 33.7 Å². The molecule has 6 rings (SSSR count). The van der Waals surface area contributed by atoms with Crippen LogP contribution >= 0.6 is 15.9 Å². The van der Waals surface area contributed by atoms with Crippen LogP contribution in [0.25, 0.3) is 5.69 Å². The second-order valence-electron chi connectivity index (χ2n) is 10.5. The van der Waals surface area contributed by atoms with E-state index in [0.29, 0.717) is 29.0 Å². The summed E-state index contributed by atoms with van der Waals surface area (Å²) >= 11 is 3.50. The maximum Gasteiger partial charge on any atom is 0.289 e. The number of rotatable bonds is 5. The van der Waals surface area contributed by atoms with Crippen LogP contribution in [-0.2, 0) is 6.54 Å². The average molecular weight is 602 g/mol. The summed E-state index contributed by atoms with van der Waals surface area (Å²) in [5.41, 5.74) is 4.42. The molecule has 1 saturated heterocycles. The summed E-state index contributed by atoms with van der Waals surface area (Å²) in [4.78, 5) is 42.1. The Morgan fingerprint density at radius 3 is 2.48 bits per heavy atom. The van der Waals surface area contributed by atoms with Gasteiger partial charge in [0.05, 0.1) is 35.2 Å². The van der Waals surface area contributed by atoms with Crippen molar-refractivity contribution in [3.8, 4) is 5.69 Å². The van der Waals surface area contributed by atoms with Crippen LogP contribution < -0.4 is 0 Å². The van der Waals surface area contributed by atoms with Crippen molar-refractivity contribution in [2.24, 2.45) is 0 Å². The monoisotopic (exact) mass is 601 g/mol. The quantitative estimate of drug-likeness (QED) is 0.282. The second kappa shape index (κ2) is 10.2. The molecule has 0 bridgehead atoms. The van der Waals surface area contributed by atoms with E-state index < -0.39 is 0 Å². The van der Waals surface area contributed by atoms with Gasteiger partial charge in [0.15, 0.2) is 5.76 Å². The summed E-state index contributed by atoms with van der Waals surface area (Å²) in [5, 5.41) is 8.81. The van der Waals surface area contributed by atoms with Crippen molar-refractivity contribution in [1.29, 1.82) is 0 Å². The highest BCUT2D eigenvalue weighted by molar-refractivity contribution is 9.10. The Morgan fingerprint density at radius 2 is 1.80 bits per heavy atom. The highest BCUT2D eigenvalue weighted by Crippen LogP contribution is 2.33. The average Bonchev–Trinajstić information content (AvgIpc) is 3.63. The first-order valence-electron chi connectivity index (χ1n) is 13.3. The zero-order chi connectivity index (χ0) is 28.1. The Kier molecular flexibility index (Phi) is 6.66. The lowest BCUT2D eigenvalue weighted by atomic mass is 9.89. The third kappa shape index (κ3) is 4.56. The van der Waals surface area contributed by atoms with E-state index in [0.717, 1.165) is 34.3 Å². The summed E-state index contributed by atoms with van der Waals surface area (Å²) in [5.74, 6) is 0.0467. The number of piperidine rings is 1. The molecule has 4 heterocycles. The number of aryl methyl sites for hydroxylation is 2. The van der Waals surface area contributed by atoms with Crippen molar-refractivity contribution in [1.82, 2.24) is 24.8 Å². The molecule has 0 aliphatic carbocycles. The Hall–Kier alpha value is -4.05. The van der Waals surface area contributed by atoms with Crippen LogP contribution in [0.5, 0.6) is 0 Å². The minimum Gasteiger partial charge on any atom is -0.456 e. The number of carbonyl (C=O) groups excluding carboxylic acids is 3. The normalized spacial score (nSPS) is 18.9. The van der Waals surface area contributed by atoms with E-state index in [4.69, 9.17) is 4.42 Å². The number of nitrogens with zero attached hydrogens (tertiary/aromatic N) is 5. The first-order chi connectivity index (χ1) is 19.2. The number of fused-ring (bicyclic) bond motifs is 1. The van der Waals surface area contributed by atoms with Gasteiger partial charge in [0.1, 0.15) is 5.76 Å². The molecule has 1 fully saturated rings. The first kappa shape index (κ1) is 26.2. The SMILES string of the molecule is Cc1cc(Br)ccc1-n1cc(C2CCN(C(=O)c3cc(CN4C(=O)c5ccccc5C4=O)c(C)o3)C(C)C2)nn1. The molecule has 2 aromatic carbocycles. The van der Waals surface area contributed by atoms with Gasteiger partial charge < -0.3 is 9.32 Å². The molecule has 204 valence electrons. The van der Waals surface area contributed by atoms with Crippen molar-refractivity contribution in [2.45, 2.75) is 52.1 Å². The molecule has 2 aliphatic heterocycles. The van der Waals surface area contributed by atoms with Crippen LogP contribution in [0, 0.1) is 13.8 Å². The van der Waals surface area contributed by atoms with Crippen LogP contribution in [0.15, 0.2) is 63.6 Å². The zero-order valence-electron chi connectivity index (χ0n) is 22.4. The van der Waals surface area contributed by atoms with Crippen LogP contribution in [0.1, 0.15) is 79.5 Å². The standard InChI is InChI=1S/C30H28BrN5O4/c1-17-12-22(31)8-9-26(17)36-16-25(32-33-36)20-10-11-34(18(2)13-20)30(39)27-14-21(19(3)40-27)15-35-28(37)23-6-4-5-7-24(23)29(35)38/h4-9,12,14,16,18,20H,10-11,13,15H2,1-3H3. The van der Waals surface area contributed by atoms with Crippen LogP contribution in [0.2, 0.25) is 0 Å². The third-order valence-corrected chi connectivity index (χ3v) is 8.40. The lowest BCUT2D eigenvalue weighted by Crippen LogP contribution is -2.44. The summed E-state index contributed by atoms with van der Waals surface area (Å²) < 4.78 is 8.67. The number of halogens is 1. The molecule has 9 nitrogen and oxygen atoms in total. The predicted octanol–water partition coefficient (Wildman–Crippen LogP) is 5.44. The lowest BCUT2D eigenvalue weighted by Gasteiger charge is -2.36. The van der Waals surface area contributed by atoms with Gasteiger partial charge in [-0.15, -0.1) is 5.10 Å². The Morgan fingerprint density at radius 1 is 1.07 bits per heavy atom. The molecule has 0 saturated carbocycles. The van der Waals surface area contributed by atoms with Gasteiger partial charge in [-0.2, -0.15) is 0 Å². The molecule has 3 amide bonds. The van der Waals surface area contributed by atoms with E-state index in [9.17, 15) is 14.4 Å². The Bertz CT molecular complexity index is 1620. The van der Waals surface area contributed by atoms with Gasteiger partial charge in [-0.1, -0.05) is 33.3 Å². The number of likely N-dealkylation sites (tertiary alicyclic amines) is 1. The highest BCUT2D eigenvalue weighted by atomic mass is 79.9. The van der Waals surface area contributed by atoms with Crippen LogP contribution in [0.4, 0.5) is 0 Å². The minimum absolute atomic E-state index is 0.0316. The predicted molar refractivity (Wildman–Crippen MR) is 150 cm³/mol. The molecule has 0 spiro atoms. The molecular formula is C30H28BrN5O4. The number of benzene rings is 2. The van der Waals surface area contributed by atoms with Gasteiger partial charge in [-0.05, 0) is 75.6 Å². The fourth-order valence-corrected chi connectivity index (χ4v) is 6.15. The van der Waals surface area contributed by atoms with Crippen LogP contribution in [-0.4, -0.2) is 55.1 Å². The van der Waals surface area contributed by atoms with Crippen LogP contribution in [0.3, 0.4) is 0 Å². The number of aromatic nitrogens is 3. The number of hydrogen-bond donors (Lipinski definition) is 0. The number of amides is 3. The topological polar surface area (TPSA) is 102 Å². The number of imide groups is 1. The molecule has 40 heavy (non-hydrogen) atoms. The van der Waals surface area contributed by atoms with E-state index in [-0.39, 0.29) is 42.0 Å². The zero-order valence-corrected chi connectivity index (χ0v) is 24.0. The molecular weight excluding hydrogens is 574 g/mol. The van der Waals surface area contributed by atoms with Gasteiger partial charge in [-0.25, -0.2) is 4.68 Å². The summed E-state index contributed by atoms with van der Waals surface area (Å²) in [6, 6.07) is 14.5. The minimum atomic E-state index is -0.336. The molecule has 10 heteroatoms. The smallest absolute Gasteiger partial charge is 0.289 e. The first-order valence-corrected chi connectivity index (χ1v) is 14.0. The molecule has 2 aliphatic rings. The van der Waals surface area contributed by atoms with E-state index in [1.807, 2.05) is 43.1 Å². The summed E-state index contributed by atoms with van der Waals surface area (Å²) in [7, 11) is 0. The molecule has 2 aromatic heterocycles. The summed E-state index contributed by atoms with van der Waals surface area (Å²) in [6.45, 7) is 6.43. The van der Waals surface area contributed by atoms with Gasteiger partial charge in [0.2, 0.25) is 0 Å². The molecule has 2 unspecified atom stereocenters. The van der Waals surface area contributed by atoms with Crippen molar-refractivity contribution in [3.05, 3.63) is 98.7 Å². The van der Waals surface area contributed by atoms with E-state index in [1.165, 1.54) is 4.90 Å². The molecule has 4 aromatic rings. The van der Waals surface area contributed by atoms with E-state index in [1.54, 1.807) is 41.9 Å². The fraction of sp³-hybridized carbons (Fsp3) is 0.300. The molecule has 0 N–H and O–H groups in total. The van der Waals surface area contributed by atoms with Crippen molar-refractivity contribution in [3.63, 3.8) is 0 Å². The van der Waals surface area contributed by atoms with E-state index >= 15 is 0 Å². The number of furan rings is 1. The fourth-order valence-electron chi connectivity index (χ4n) is 5.68. The van der Waals surface area contributed by atoms with E-state index in [2.05, 4.69) is 26.2 Å². The van der Waals surface area contributed by atoms with Gasteiger partial charge in [0, 0.05) is 28.5 Å². The highest BCUT2D eigenvalue weighted by Gasteiger charge is 2.37. The number of hydrogen-bond acceptors (Lipinski definition) is 6. The third-order valence-electron chi connectivity index (χ3n) is 7.91. The largest absolute Gasteiger partial charge is 0.456 e.